The van der Waals surface area contributed by atoms with Crippen LogP contribution >= 0.6 is 0 Å². The Morgan fingerprint density at radius 1 is 1.38 bits per heavy atom. The minimum Gasteiger partial charge on any atom is -0.384 e. The molecule has 1 aromatic carbocycles. The van der Waals surface area contributed by atoms with Crippen LogP contribution in [0.3, 0.4) is 0 Å². The molecule has 1 unspecified atom stereocenters. The maximum absolute atomic E-state index is 5.27. The van der Waals surface area contributed by atoms with E-state index in [2.05, 4.69) is 57.5 Å². The lowest BCUT2D eigenvalue weighted by atomic mass is 10.1. The Balaban J connectivity index is 1.64. The van der Waals surface area contributed by atoms with Crippen LogP contribution in [0.2, 0.25) is 0 Å². The zero-order valence-corrected chi connectivity index (χ0v) is 15.4. The predicted molar refractivity (Wildman–Crippen MR) is 100 cm³/mol. The summed E-state index contributed by atoms with van der Waals surface area (Å²) < 4.78 is 5.27. The number of hydrogen-bond donors (Lipinski definition) is 1. The van der Waals surface area contributed by atoms with Gasteiger partial charge >= 0.3 is 0 Å². The minimum absolute atomic E-state index is 0.630. The van der Waals surface area contributed by atoms with Crippen LogP contribution < -0.4 is 5.32 Å². The topological polar surface area (TPSA) is 40.1 Å². The molecule has 24 heavy (non-hydrogen) atoms. The fraction of sp³-hybridized carbons (Fsp3) is 0.632. The molecular weight excluding hydrogens is 300 g/mol. The molecule has 5 nitrogen and oxygen atoms in total. The molecule has 0 saturated carbocycles. The van der Waals surface area contributed by atoms with Gasteiger partial charge in [-0.15, -0.1) is 0 Å². The molecule has 2 rings (SSSR count). The van der Waals surface area contributed by atoms with Gasteiger partial charge in [0.25, 0.3) is 0 Å². The monoisotopic (exact) mass is 332 g/mol. The summed E-state index contributed by atoms with van der Waals surface area (Å²) in [6.07, 6.45) is 2.30. The van der Waals surface area contributed by atoms with Gasteiger partial charge in [0.2, 0.25) is 0 Å². The van der Waals surface area contributed by atoms with Gasteiger partial charge in [-0.1, -0.05) is 30.3 Å². The lowest BCUT2D eigenvalue weighted by Crippen LogP contribution is -2.41. The first kappa shape index (κ1) is 18.7. The van der Waals surface area contributed by atoms with Gasteiger partial charge in [-0.05, 0) is 32.0 Å². The highest BCUT2D eigenvalue weighted by Crippen LogP contribution is 2.16. The van der Waals surface area contributed by atoms with Gasteiger partial charge in [0, 0.05) is 46.3 Å². The summed E-state index contributed by atoms with van der Waals surface area (Å²) in [4.78, 5) is 9.14. The highest BCUT2D eigenvalue weighted by molar-refractivity contribution is 5.80. The molecule has 0 aliphatic carbocycles. The van der Waals surface area contributed by atoms with Crippen LogP contribution in [-0.4, -0.2) is 69.8 Å². The summed E-state index contributed by atoms with van der Waals surface area (Å²) in [5.74, 6) is 1.66. The van der Waals surface area contributed by atoms with Crippen molar-refractivity contribution >= 4 is 5.96 Å². The van der Waals surface area contributed by atoms with Gasteiger partial charge in [0.05, 0.1) is 6.61 Å². The summed E-state index contributed by atoms with van der Waals surface area (Å²) in [6.45, 7) is 5.99. The largest absolute Gasteiger partial charge is 0.384 e. The van der Waals surface area contributed by atoms with Crippen molar-refractivity contribution in [2.24, 2.45) is 10.9 Å². The first-order valence-corrected chi connectivity index (χ1v) is 8.90. The number of nitrogens with one attached hydrogen (secondary N) is 1. The highest BCUT2D eigenvalue weighted by Gasteiger charge is 2.24. The van der Waals surface area contributed by atoms with E-state index >= 15 is 0 Å². The quantitative estimate of drug-likeness (QED) is 0.449. The standard InChI is InChI=1S/C19H32N4O/c1-20-19(23-13-10-18(15-23)16-24-3)21-11-7-12-22(2)14-17-8-5-4-6-9-17/h4-6,8-9,18H,7,10-16H2,1-3H3,(H,20,21). The van der Waals surface area contributed by atoms with Crippen LogP contribution in [0.5, 0.6) is 0 Å². The zero-order valence-electron chi connectivity index (χ0n) is 15.4. The molecule has 5 heteroatoms. The molecule has 0 spiro atoms. The van der Waals surface area contributed by atoms with Crippen molar-refractivity contribution in [3.8, 4) is 0 Å². The molecule has 0 aromatic heterocycles. The first-order valence-electron chi connectivity index (χ1n) is 8.90. The molecule has 0 amide bonds. The average molecular weight is 332 g/mol. The van der Waals surface area contributed by atoms with Gasteiger partial charge in [-0.25, -0.2) is 0 Å². The fourth-order valence-electron chi connectivity index (χ4n) is 3.25. The van der Waals surface area contributed by atoms with Crippen LogP contribution in [0, 0.1) is 5.92 Å². The number of benzene rings is 1. The smallest absolute Gasteiger partial charge is 0.193 e. The number of likely N-dealkylation sites (tertiary alicyclic amines) is 1. The second-order valence-corrected chi connectivity index (χ2v) is 6.61. The lowest BCUT2D eigenvalue weighted by molar-refractivity contribution is 0.157. The van der Waals surface area contributed by atoms with Crippen molar-refractivity contribution in [2.75, 3.05) is 54.0 Å². The molecule has 1 heterocycles. The van der Waals surface area contributed by atoms with Gasteiger partial charge in [-0.2, -0.15) is 0 Å². The Morgan fingerprint density at radius 2 is 2.17 bits per heavy atom. The fourth-order valence-corrected chi connectivity index (χ4v) is 3.25. The molecule has 0 bridgehead atoms. The van der Waals surface area contributed by atoms with E-state index < -0.39 is 0 Å². The molecule has 1 saturated heterocycles. The van der Waals surface area contributed by atoms with E-state index in [4.69, 9.17) is 4.74 Å². The third kappa shape index (κ3) is 6.13. The molecular formula is C19H32N4O. The normalized spacial score (nSPS) is 18.4. The average Bonchev–Trinajstić information content (AvgIpc) is 3.04. The lowest BCUT2D eigenvalue weighted by Gasteiger charge is -2.22. The number of guanidine groups is 1. The summed E-state index contributed by atoms with van der Waals surface area (Å²) in [5, 5.41) is 3.50. The third-order valence-electron chi connectivity index (χ3n) is 4.49. The molecule has 0 radical (unpaired) electrons. The molecule has 1 fully saturated rings. The molecule has 1 aliphatic rings. The predicted octanol–water partition coefficient (Wildman–Crippen LogP) is 2.05. The Labute approximate surface area is 146 Å². The third-order valence-corrected chi connectivity index (χ3v) is 4.49. The molecule has 1 N–H and O–H groups in total. The second kappa shape index (κ2) is 10.3. The van der Waals surface area contributed by atoms with E-state index in [0.717, 1.165) is 51.7 Å². The van der Waals surface area contributed by atoms with Gasteiger partial charge in [0.15, 0.2) is 5.96 Å². The first-order chi connectivity index (χ1) is 11.7. The van der Waals surface area contributed by atoms with Gasteiger partial charge < -0.3 is 19.9 Å². The maximum atomic E-state index is 5.27. The summed E-state index contributed by atoms with van der Waals surface area (Å²) in [5.41, 5.74) is 1.37. The maximum Gasteiger partial charge on any atom is 0.193 e. The van der Waals surface area contributed by atoms with E-state index in [0.29, 0.717) is 5.92 Å². The van der Waals surface area contributed by atoms with E-state index in [1.807, 2.05) is 7.05 Å². The summed E-state index contributed by atoms with van der Waals surface area (Å²) >= 11 is 0. The van der Waals surface area contributed by atoms with E-state index in [1.165, 1.54) is 12.0 Å². The highest BCUT2D eigenvalue weighted by atomic mass is 16.5. The van der Waals surface area contributed by atoms with Crippen LogP contribution in [-0.2, 0) is 11.3 Å². The number of aliphatic imine (C=N–C) groups is 1. The van der Waals surface area contributed by atoms with Crippen molar-refractivity contribution in [1.29, 1.82) is 0 Å². The number of methoxy groups -OCH3 is 1. The van der Waals surface area contributed by atoms with Crippen LogP contribution in [0.1, 0.15) is 18.4 Å². The second-order valence-electron chi connectivity index (χ2n) is 6.61. The van der Waals surface area contributed by atoms with E-state index in [9.17, 15) is 0 Å². The Morgan fingerprint density at radius 3 is 2.88 bits per heavy atom. The van der Waals surface area contributed by atoms with Crippen molar-refractivity contribution in [3.63, 3.8) is 0 Å². The van der Waals surface area contributed by atoms with E-state index in [1.54, 1.807) is 7.11 Å². The summed E-state index contributed by atoms with van der Waals surface area (Å²) in [7, 11) is 5.83. The van der Waals surface area contributed by atoms with Crippen LogP contribution in [0.4, 0.5) is 0 Å². The SMILES string of the molecule is CN=C(NCCCN(C)Cc1ccccc1)N1CCC(COC)C1. The minimum atomic E-state index is 0.630. The number of ether oxygens (including phenoxy) is 1. The number of rotatable bonds is 8. The summed E-state index contributed by atoms with van der Waals surface area (Å²) in [6, 6.07) is 10.6. The van der Waals surface area contributed by atoms with Crippen LogP contribution in [0.25, 0.3) is 0 Å². The molecule has 1 atom stereocenters. The molecule has 134 valence electrons. The van der Waals surface area contributed by atoms with Crippen molar-refractivity contribution in [2.45, 2.75) is 19.4 Å². The Hall–Kier alpha value is -1.59. The van der Waals surface area contributed by atoms with Crippen molar-refractivity contribution in [1.82, 2.24) is 15.1 Å². The Kier molecular flexibility index (Phi) is 8.05. The van der Waals surface area contributed by atoms with Crippen LogP contribution in [0.15, 0.2) is 35.3 Å². The zero-order chi connectivity index (χ0) is 17.2. The van der Waals surface area contributed by atoms with Crippen molar-refractivity contribution < 1.29 is 4.74 Å². The van der Waals surface area contributed by atoms with Gasteiger partial charge in [-0.3, -0.25) is 4.99 Å². The molecule has 1 aliphatic heterocycles. The molecule has 1 aromatic rings. The van der Waals surface area contributed by atoms with Gasteiger partial charge in [0.1, 0.15) is 0 Å². The van der Waals surface area contributed by atoms with E-state index in [-0.39, 0.29) is 0 Å². The number of hydrogen-bond acceptors (Lipinski definition) is 3. The Bertz CT molecular complexity index is 491. The number of nitrogens with zero attached hydrogens (tertiary/aromatic N) is 3. The van der Waals surface area contributed by atoms with Crippen molar-refractivity contribution in [3.05, 3.63) is 35.9 Å².